The van der Waals surface area contributed by atoms with Crippen molar-refractivity contribution in [2.75, 3.05) is 6.61 Å². The number of alkyl carbamates (subject to hydrolysis) is 3. The SMILES string of the molecule is C=C.CCC1OC(OC2C(CC)OC(OC3C(O)C(NC(=O)OCc4ccccc4)CC(NC(=O)OCc4ccccc4)C3OC3OC4COC(c5ccccc5)OC4C(O)C3C)C2O)C(NC(=O)OCc2ccccc2)C(O)C1O. The molecule has 1 saturated carbocycles. The zero-order valence-corrected chi connectivity index (χ0v) is 45.4. The molecule has 22 heteroatoms. The number of carbonyl (C=O) groups excluding carboxylic acids is 3. The molecule has 5 fully saturated rings. The Morgan fingerprint density at radius 3 is 1.54 bits per heavy atom. The molecule has 9 rings (SSSR count). The molecule has 81 heavy (non-hydrogen) atoms. The normalized spacial score (nSPS) is 34.5. The lowest BCUT2D eigenvalue weighted by molar-refractivity contribution is -0.366. The van der Waals surface area contributed by atoms with Gasteiger partial charge in [-0.05, 0) is 36.0 Å². The first-order valence-corrected chi connectivity index (χ1v) is 27.3. The Bertz CT molecular complexity index is 2560. The van der Waals surface area contributed by atoms with Crippen molar-refractivity contribution in [3.63, 3.8) is 0 Å². The van der Waals surface area contributed by atoms with Gasteiger partial charge in [-0.3, -0.25) is 0 Å². The minimum atomic E-state index is -1.69. The number of hydrogen-bond acceptors (Lipinski definition) is 19. The quantitative estimate of drug-likeness (QED) is 0.0491. The van der Waals surface area contributed by atoms with Gasteiger partial charge in [0.15, 0.2) is 25.2 Å². The number of rotatable bonds is 18. The molecular formula is C59H75N3O19. The van der Waals surface area contributed by atoms with Crippen LogP contribution in [0.5, 0.6) is 0 Å². The lowest BCUT2D eigenvalue weighted by atomic mass is 9.83. The second-order valence-corrected chi connectivity index (χ2v) is 20.3. The maximum Gasteiger partial charge on any atom is 0.407 e. The maximum atomic E-state index is 13.9. The van der Waals surface area contributed by atoms with Crippen LogP contribution in [0.3, 0.4) is 0 Å². The highest BCUT2D eigenvalue weighted by Crippen LogP contribution is 2.40. The number of hydrogen-bond donors (Lipinski definition) is 8. The van der Waals surface area contributed by atoms with E-state index in [0.29, 0.717) is 16.7 Å². The largest absolute Gasteiger partial charge is 0.445 e. The Morgan fingerprint density at radius 2 is 1.00 bits per heavy atom. The van der Waals surface area contributed by atoms with Crippen LogP contribution in [0.2, 0.25) is 0 Å². The van der Waals surface area contributed by atoms with E-state index in [1.165, 1.54) is 0 Å². The molecule has 1 aliphatic carbocycles. The molecule has 440 valence electrons. The highest BCUT2D eigenvalue weighted by molar-refractivity contribution is 5.69. The van der Waals surface area contributed by atoms with E-state index >= 15 is 0 Å². The first kappa shape index (κ1) is 61.0. The van der Waals surface area contributed by atoms with Gasteiger partial charge in [0.2, 0.25) is 0 Å². The van der Waals surface area contributed by atoms with Gasteiger partial charge in [0, 0.05) is 11.5 Å². The molecule has 4 aliphatic heterocycles. The zero-order chi connectivity index (χ0) is 57.6. The summed E-state index contributed by atoms with van der Waals surface area (Å²) in [5.41, 5.74) is 2.83. The van der Waals surface area contributed by atoms with E-state index in [1.807, 2.05) is 48.5 Å². The first-order chi connectivity index (χ1) is 39.3. The summed E-state index contributed by atoms with van der Waals surface area (Å²) in [6, 6.07) is 32.3. The Labute approximate surface area is 470 Å². The molecule has 0 bridgehead atoms. The average Bonchev–Trinajstić information content (AvgIpc) is 4.07. The van der Waals surface area contributed by atoms with Crippen LogP contribution in [0.1, 0.15) is 68.6 Å². The lowest BCUT2D eigenvalue weighted by Gasteiger charge is -2.50. The predicted molar refractivity (Wildman–Crippen MR) is 287 cm³/mol. The highest BCUT2D eigenvalue weighted by atomic mass is 16.8. The Hall–Kier alpha value is -6.09. The fraction of sp³-hybridized carbons (Fsp3) is 0.508. The van der Waals surface area contributed by atoms with E-state index in [2.05, 4.69) is 29.1 Å². The third-order valence-corrected chi connectivity index (χ3v) is 14.9. The summed E-state index contributed by atoms with van der Waals surface area (Å²) < 4.78 is 67.9. The summed E-state index contributed by atoms with van der Waals surface area (Å²) in [7, 11) is 0. The Morgan fingerprint density at radius 1 is 0.519 bits per heavy atom. The van der Waals surface area contributed by atoms with Gasteiger partial charge in [0.1, 0.15) is 80.8 Å². The summed E-state index contributed by atoms with van der Waals surface area (Å²) in [6.45, 7) is 10.8. The minimum absolute atomic E-state index is 0.00147. The summed E-state index contributed by atoms with van der Waals surface area (Å²) >= 11 is 0. The molecule has 0 aromatic heterocycles. The molecule has 5 aliphatic rings. The number of benzene rings is 4. The second kappa shape index (κ2) is 29.2. The summed E-state index contributed by atoms with van der Waals surface area (Å²) in [4.78, 5) is 40.7. The van der Waals surface area contributed by atoms with Gasteiger partial charge in [-0.15, -0.1) is 13.2 Å². The van der Waals surface area contributed by atoms with Crippen molar-refractivity contribution >= 4 is 18.3 Å². The standard InChI is InChI=1S/C57H71N3O19.C2H4/c1-4-38-44(63)45(64)41(60-57(68)72-29-34-22-14-8-15-23-34)53(73-38)78-48-39(5-2)74-54(46(48)65)79-50-43(62)36(58-55(66)70-27-32-18-10-6-11-19-32)26-37(59-56(67)71-28-33-20-12-7-13-21-33)47(50)76-51-31(3)42(61)49-40(75-51)30-69-52(77-49)35-24-16-9-17-25-35;1-2/h6-25,31,36-54,61-65H,4-5,26-30H2,1-3H3,(H,58,66)(H,59,67)(H,60,68);1-2H2. The van der Waals surface area contributed by atoms with E-state index < -0.39 is 141 Å². The zero-order valence-electron chi connectivity index (χ0n) is 45.4. The van der Waals surface area contributed by atoms with Gasteiger partial charge >= 0.3 is 18.3 Å². The monoisotopic (exact) mass is 1130 g/mol. The Kier molecular flexibility index (Phi) is 22.0. The van der Waals surface area contributed by atoms with Crippen LogP contribution in [0.25, 0.3) is 0 Å². The third-order valence-electron chi connectivity index (χ3n) is 14.9. The second-order valence-electron chi connectivity index (χ2n) is 20.3. The van der Waals surface area contributed by atoms with Crippen molar-refractivity contribution in [1.82, 2.24) is 16.0 Å². The Balaban J connectivity index is 0.00000425. The number of aliphatic hydroxyl groups is 5. The fourth-order valence-corrected chi connectivity index (χ4v) is 10.5. The summed E-state index contributed by atoms with van der Waals surface area (Å²) in [6.07, 6.45) is -23.2. The van der Waals surface area contributed by atoms with Crippen molar-refractivity contribution < 1.29 is 92.0 Å². The van der Waals surface area contributed by atoms with Gasteiger partial charge in [-0.1, -0.05) is 142 Å². The molecule has 0 spiro atoms. The lowest BCUT2D eigenvalue weighted by Crippen LogP contribution is -2.68. The van der Waals surface area contributed by atoms with E-state index in [0.717, 1.165) is 5.56 Å². The number of carbonyl (C=O) groups is 3. The van der Waals surface area contributed by atoms with Crippen LogP contribution in [0.15, 0.2) is 134 Å². The van der Waals surface area contributed by atoms with Crippen molar-refractivity contribution in [2.24, 2.45) is 5.92 Å². The van der Waals surface area contributed by atoms with Gasteiger partial charge in [-0.25, -0.2) is 14.4 Å². The number of aliphatic hydroxyl groups excluding tert-OH is 5. The van der Waals surface area contributed by atoms with Crippen LogP contribution in [-0.4, -0.2) is 161 Å². The van der Waals surface area contributed by atoms with Crippen molar-refractivity contribution in [3.8, 4) is 0 Å². The van der Waals surface area contributed by atoms with E-state index in [1.54, 1.807) is 93.6 Å². The maximum absolute atomic E-state index is 13.9. The van der Waals surface area contributed by atoms with E-state index in [4.69, 9.17) is 52.1 Å². The van der Waals surface area contributed by atoms with Gasteiger partial charge in [0.25, 0.3) is 0 Å². The molecule has 4 saturated heterocycles. The smallest absolute Gasteiger partial charge is 0.407 e. The third kappa shape index (κ3) is 15.3. The molecule has 3 amide bonds. The molecule has 4 aromatic rings. The van der Waals surface area contributed by atoms with Crippen molar-refractivity contribution in [3.05, 3.63) is 157 Å². The number of nitrogens with one attached hydrogen (secondary N) is 3. The average molecular weight is 1130 g/mol. The minimum Gasteiger partial charge on any atom is -0.445 e. The van der Waals surface area contributed by atoms with Crippen LogP contribution >= 0.6 is 0 Å². The highest BCUT2D eigenvalue weighted by Gasteiger charge is 2.57. The van der Waals surface area contributed by atoms with Crippen LogP contribution in [0, 0.1) is 5.92 Å². The van der Waals surface area contributed by atoms with Crippen LogP contribution < -0.4 is 16.0 Å². The molecule has 22 nitrogen and oxygen atoms in total. The molecule has 20 unspecified atom stereocenters. The van der Waals surface area contributed by atoms with Gasteiger partial charge < -0.3 is 93.6 Å². The van der Waals surface area contributed by atoms with Gasteiger partial charge in [-0.2, -0.15) is 0 Å². The molecular weight excluding hydrogens is 1050 g/mol. The number of ether oxygens (including phenoxy) is 11. The van der Waals surface area contributed by atoms with Crippen molar-refractivity contribution in [1.29, 1.82) is 0 Å². The molecule has 8 N–H and O–H groups in total. The topological polar surface area (TPSA) is 290 Å². The summed E-state index contributed by atoms with van der Waals surface area (Å²) in [5.74, 6) is -0.813. The van der Waals surface area contributed by atoms with Crippen molar-refractivity contribution in [2.45, 2.75) is 176 Å². The van der Waals surface area contributed by atoms with Crippen LogP contribution in [-0.2, 0) is 71.9 Å². The number of fused-ring (bicyclic) bond motifs is 1. The number of amides is 3. The fourth-order valence-electron chi connectivity index (χ4n) is 10.5. The molecule has 20 atom stereocenters. The predicted octanol–water partition coefficient (Wildman–Crippen LogP) is 4.78. The molecule has 4 aromatic carbocycles. The van der Waals surface area contributed by atoms with Crippen LogP contribution in [0.4, 0.5) is 14.4 Å². The first-order valence-electron chi connectivity index (χ1n) is 27.3. The molecule has 4 heterocycles. The molecule has 0 radical (unpaired) electrons. The van der Waals surface area contributed by atoms with Gasteiger partial charge in [0.05, 0.1) is 37.0 Å². The van der Waals surface area contributed by atoms with E-state index in [9.17, 15) is 39.9 Å². The van der Waals surface area contributed by atoms with E-state index in [-0.39, 0.29) is 45.7 Å². The summed E-state index contributed by atoms with van der Waals surface area (Å²) in [5, 5.41) is 67.3.